The van der Waals surface area contributed by atoms with E-state index in [1.165, 1.54) is 0 Å². The van der Waals surface area contributed by atoms with Crippen molar-refractivity contribution < 1.29 is 4.74 Å². The lowest BCUT2D eigenvalue weighted by molar-refractivity contribution is 0.00601. The van der Waals surface area contributed by atoms with Gasteiger partial charge in [-0.2, -0.15) is 5.26 Å². The fourth-order valence-corrected chi connectivity index (χ4v) is 1.58. The van der Waals surface area contributed by atoms with Crippen LogP contribution < -0.4 is 0 Å². The zero-order valence-electron chi connectivity index (χ0n) is 10.1. The minimum absolute atomic E-state index is 0.297. The molecule has 2 rings (SSSR count). The SMILES string of the molecule is COC(C)(C)Cn1nnc2cc(C#N)ccc21. The van der Waals surface area contributed by atoms with Gasteiger partial charge in [0, 0.05) is 7.11 Å². The van der Waals surface area contributed by atoms with Crippen molar-refractivity contribution in [2.24, 2.45) is 0 Å². The van der Waals surface area contributed by atoms with Crippen LogP contribution >= 0.6 is 0 Å². The molecular formula is C12H14N4O. The van der Waals surface area contributed by atoms with Gasteiger partial charge in [0.2, 0.25) is 0 Å². The Kier molecular flexibility index (Phi) is 2.82. The Morgan fingerprint density at radius 1 is 1.47 bits per heavy atom. The van der Waals surface area contributed by atoms with Crippen molar-refractivity contribution in [2.45, 2.75) is 26.0 Å². The number of aromatic nitrogens is 3. The Morgan fingerprint density at radius 2 is 2.24 bits per heavy atom. The molecule has 0 aliphatic heterocycles. The summed E-state index contributed by atoms with van der Waals surface area (Å²) >= 11 is 0. The summed E-state index contributed by atoms with van der Waals surface area (Å²) in [4.78, 5) is 0. The summed E-state index contributed by atoms with van der Waals surface area (Å²) in [7, 11) is 1.67. The monoisotopic (exact) mass is 230 g/mol. The van der Waals surface area contributed by atoms with Gasteiger partial charge in [-0.3, -0.25) is 0 Å². The molecule has 0 aliphatic carbocycles. The molecule has 88 valence electrons. The van der Waals surface area contributed by atoms with E-state index in [4.69, 9.17) is 10.00 Å². The summed E-state index contributed by atoms with van der Waals surface area (Å²) in [6.45, 7) is 4.60. The largest absolute Gasteiger partial charge is 0.377 e. The Hall–Kier alpha value is -1.93. The lowest BCUT2D eigenvalue weighted by Crippen LogP contribution is -2.29. The second-order valence-electron chi connectivity index (χ2n) is 4.53. The molecule has 0 saturated carbocycles. The molecule has 0 N–H and O–H groups in total. The smallest absolute Gasteiger partial charge is 0.114 e. The highest BCUT2D eigenvalue weighted by Crippen LogP contribution is 2.17. The topological polar surface area (TPSA) is 63.7 Å². The van der Waals surface area contributed by atoms with Crippen molar-refractivity contribution in [1.29, 1.82) is 5.26 Å². The summed E-state index contributed by atoms with van der Waals surface area (Å²) in [6.07, 6.45) is 0. The number of methoxy groups -OCH3 is 1. The van der Waals surface area contributed by atoms with Gasteiger partial charge < -0.3 is 4.74 Å². The molecule has 0 amide bonds. The summed E-state index contributed by atoms with van der Waals surface area (Å²) < 4.78 is 7.16. The molecule has 5 heteroatoms. The first kappa shape index (κ1) is 11.6. The highest BCUT2D eigenvalue weighted by molar-refractivity contribution is 5.75. The van der Waals surface area contributed by atoms with Crippen LogP contribution in [0.25, 0.3) is 11.0 Å². The van der Waals surface area contributed by atoms with Crippen molar-refractivity contribution >= 4 is 11.0 Å². The zero-order valence-corrected chi connectivity index (χ0v) is 10.1. The molecule has 0 aliphatic rings. The predicted molar refractivity (Wildman–Crippen MR) is 63.3 cm³/mol. The van der Waals surface area contributed by atoms with E-state index in [1.54, 1.807) is 23.9 Å². The van der Waals surface area contributed by atoms with Gasteiger partial charge in [-0.1, -0.05) is 5.21 Å². The Bertz CT molecular complexity index is 580. The highest BCUT2D eigenvalue weighted by Gasteiger charge is 2.19. The number of hydrogen-bond acceptors (Lipinski definition) is 4. The molecule has 0 bridgehead atoms. The van der Waals surface area contributed by atoms with Crippen LogP contribution in [0.1, 0.15) is 19.4 Å². The summed E-state index contributed by atoms with van der Waals surface area (Å²) in [5.41, 5.74) is 1.94. The van der Waals surface area contributed by atoms with Gasteiger partial charge in [0.15, 0.2) is 0 Å². The van der Waals surface area contributed by atoms with E-state index in [9.17, 15) is 0 Å². The number of hydrogen-bond donors (Lipinski definition) is 0. The van der Waals surface area contributed by atoms with E-state index < -0.39 is 0 Å². The maximum atomic E-state index is 8.80. The Labute approximate surface area is 99.6 Å². The number of nitriles is 1. The van der Waals surface area contributed by atoms with Crippen molar-refractivity contribution in [2.75, 3.05) is 7.11 Å². The third-order valence-electron chi connectivity index (χ3n) is 2.73. The maximum absolute atomic E-state index is 8.80. The van der Waals surface area contributed by atoms with Crippen LogP contribution in [0.5, 0.6) is 0 Å². The van der Waals surface area contributed by atoms with E-state index in [-0.39, 0.29) is 5.60 Å². The maximum Gasteiger partial charge on any atom is 0.114 e. The van der Waals surface area contributed by atoms with Gasteiger partial charge in [-0.25, -0.2) is 4.68 Å². The number of rotatable bonds is 3. The molecular weight excluding hydrogens is 216 g/mol. The average Bonchev–Trinajstić information content (AvgIpc) is 2.71. The van der Waals surface area contributed by atoms with E-state index in [0.717, 1.165) is 11.0 Å². The molecule has 1 aromatic heterocycles. The zero-order chi connectivity index (χ0) is 12.5. The molecule has 0 spiro atoms. The minimum atomic E-state index is -0.297. The summed E-state index contributed by atoms with van der Waals surface area (Å²) in [5.74, 6) is 0. The number of fused-ring (bicyclic) bond motifs is 1. The molecule has 5 nitrogen and oxygen atoms in total. The fourth-order valence-electron chi connectivity index (χ4n) is 1.58. The molecule has 1 aromatic carbocycles. The second kappa shape index (κ2) is 4.15. The van der Waals surface area contributed by atoms with E-state index >= 15 is 0 Å². The molecule has 17 heavy (non-hydrogen) atoms. The van der Waals surface area contributed by atoms with Crippen LogP contribution in [0.15, 0.2) is 18.2 Å². The molecule has 2 aromatic rings. The van der Waals surface area contributed by atoms with E-state index in [2.05, 4.69) is 16.4 Å². The van der Waals surface area contributed by atoms with Gasteiger partial charge in [-0.15, -0.1) is 5.10 Å². The van der Waals surface area contributed by atoms with Crippen LogP contribution in [-0.2, 0) is 11.3 Å². The summed E-state index contributed by atoms with van der Waals surface area (Å²) in [6, 6.07) is 7.45. The molecule has 0 radical (unpaired) electrons. The summed E-state index contributed by atoms with van der Waals surface area (Å²) in [5, 5.41) is 16.9. The fraction of sp³-hybridized carbons (Fsp3) is 0.417. The average molecular weight is 230 g/mol. The van der Waals surface area contributed by atoms with Crippen LogP contribution in [-0.4, -0.2) is 27.7 Å². The van der Waals surface area contributed by atoms with Crippen LogP contribution in [0.4, 0.5) is 0 Å². The molecule has 0 fully saturated rings. The van der Waals surface area contributed by atoms with E-state index in [0.29, 0.717) is 12.1 Å². The molecule has 0 saturated heterocycles. The normalized spacial score (nSPS) is 11.6. The van der Waals surface area contributed by atoms with Gasteiger partial charge in [0.05, 0.1) is 29.3 Å². The first-order chi connectivity index (χ1) is 8.05. The van der Waals surface area contributed by atoms with Gasteiger partial charge in [0.1, 0.15) is 5.52 Å². The molecule has 0 unspecified atom stereocenters. The predicted octanol–water partition coefficient (Wildman–Crippen LogP) is 1.73. The lowest BCUT2D eigenvalue weighted by Gasteiger charge is -2.22. The van der Waals surface area contributed by atoms with Crippen LogP contribution in [0.3, 0.4) is 0 Å². The highest BCUT2D eigenvalue weighted by atomic mass is 16.5. The van der Waals surface area contributed by atoms with Crippen molar-refractivity contribution in [3.63, 3.8) is 0 Å². The standard InChI is InChI=1S/C12H14N4O/c1-12(2,17-3)8-16-11-5-4-9(7-13)6-10(11)14-15-16/h4-6H,8H2,1-3H3. The van der Waals surface area contributed by atoms with Crippen molar-refractivity contribution in [3.8, 4) is 6.07 Å². The third-order valence-corrected chi connectivity index (χ3v) is 2.73. The Morgan fingerprint density at radius 3 is 2.88 bits per heavy atom. The number of nitrogens with zero attached hydrogens (tertiary/aromatic N) is 4. The van der Waals surface area contributed by atoms with E-state index in [1.807, 2.05) is 19.9 Å². The second-order valence-corrected chi connectivity index (χ2v) is 4.53. The Balaban J connectivity index is 2.41. The first-order valence-electron chi connectivity index (χ1n) is 5.34. The van der Waals surface area contributed by atoms with Gasteiger partial charge >= 0.3 is 0 Å². The molecule has 0 atom stereocenters. The lowest BCUT2D eigenvalue weighted by atomic mass is 10.1. The number of benzene rings is 1. The first-order valence-corrected chi connectivity index (χ1v) is 5.34. The third kappa shape index (κ3) is 2.27. The van der Waals surface area contributed by atoms with Crippen LogP contribution in [0.2, 0.25) is 0 Å². The van der Waals surface area contributed by atoms with Crippen LogP contribution in [0, 0.1) is 11.3 Å². The van der Waals surface area contributed by atoms with Gasteiger partial charge in [-0.05, 0) is 32.0 Å². The minimum Gasteiger partial charge on any atom is -0.377 e. The molecule has 1 heterocycles. The van der Waals surface area contributed by atoms with Crippen molar-refractivity contribution in [1.82, 2.24) is 15.0 Å². The van der Waals surface area contributed by atoms with Gasteiger partial charge in [0.25, 0.3) is 0 Å². The number of ether oxygens (including phenoxy) is 1. The quantitative estimate of drug-likeness (QED) is 0.805. The van der Waals surface area contributed by atoms with Crippen molar-refractivity contribution in [3.05, 3.63) is 23.8 Å².